The van der Waals surface area contributed by atoms with Crippen LogP contribution in [0.5, 0.6) is 0 Å². The molecule has 0 unspecified atom stereocenters. The van der Waals surface area contributed by atoms with E-state index < -0.39 is 29.4 Å². The Hall–Kier alpha value is -2.12. The highest BCUT2D eigenvalue weighted by Crippen LogP contribution is 2.35. The second-order valence-corrected chi connectivity index (χ2v) is 4.10. The highest BCUT2D eigenvalue weighted by molar-refractivity contribution is 5.60. The van der Waals surface area contributed by atoms with Crippen molar-refractivity contribution in [1.82, 2.24) is 4.98 Å². The molecular formula is C13H6F7N. The summed E-state index contributed by atoms with van der Waals surface area (Å²) in [4.78, 5) is 3.25. The minimum atomic E-state index is -4.94. The molecule has 21 heavy (non-hydrogen) atoms. The SMILES string of the molecule is Fc1ccc(-c2cccc(C(F)(F)F)n2)cc1C(F)(F)F. The van der Waals surface area contributed by atoms with Crippen molar-refractivity contribution in [3.05, 3.63) is 53.5 Å². The standard InChI is InChI=1S/C13H6F7N/c14-9-5-4-7(6-8(9)12(15,16)17)10-2-1-3-11(21-10)13(18,19)20/h1-6H. The number of alkyl halides is 6. The fourth-order valence-electron chi connectivity index (χ4n) is 1.66. The van der Waals surface area contributed by atoms with Gasteiger partial charge in [0.2, 0.25) is 0 Å². The van der Waals surface area contributed by atoms with Gasteiger partial charge in [-0.25, -0.2) is 9.37 Å². The number of nitrogens with zero attached hydrogens (tertiary/aromatic N) is 1. The van der Waals surface area contributed by atoms with Crippen molar-refractivity contribution in [3.8, 4) is 11.3 Å². The van der Waals surface area contributed by atoms with E-state index in [0.29, 0.717) is 18.2 Å². The van der Waals surface area contributed by atoms with Crippen LogP contribution in [0.2, 0.25) is 0 Å². The van der Waals surface area contributed by atoms with Gasteiger partial charge in [0, 0.05) is 5.56 Å². The smallest absolute Gasteiger partial charge is 0.243 e. The Kier molecular flexibility index (Phi) is 3.65. The van der Waals surface area contributed by atoms with E-state index in [2.05, 4.69) is 4.98 Å². The van der Waals surface area contributed by atoms with Crippen LogP contribution < -0.4 is 0 Å². The van der Waals surface area contributed by atoms with Crippen molar-refractivity contribution in [3.63, 3.8) is 0 Å². The Balaban J connectivity index is 2.53. The lowest BCUT2D eigenvalue weighted by Crippen LogP contribution is -2.09. The number of pyridine rings is 1. The number of hydrogen-bond donors (Lipinski definition) is 0. The van der Waals surface area contributed by atoms with E-state index in [1.807, 2.05) is 0 Å². The van der Waals surface area contributed by atoms with Crippen molar-refractivity contribution >= 4 is 0 Å². The largest absolute Gasteiger partial charge is 0.433 e. The van der Waals surface area contributed by atoms with E-state index in [-0.39, 0.29) is 11.3 Å². The van der Waals surface area contributed by atoms with Crippen LogP contribution in [0.25, 0.3) is 11.3 Å². The zero-order chi connectivity index (χ0) is 15.8. The molecule has 0 N–H and O–H groups in total. The second-order valence-electron chi connectivity index (χ2n) is 4.10. The number of benzene rings is 1. The van der Waals surface area contributed by atoms with E-state index in [1.54, 1.807) is 0 Å². The minimum absolute atomic E-state index is 0.255. The molecule has 0 fully saturated rings. The molecule has 0 amide bonds. The molecule has 1 nitrogen and oxygen atoms in total. The third-order valence-electron chi connectivity index (χ3n) is 2.61. The molecule has 0 aliphatic carbocycles. The van der Waals surface area contributed by atoms with Crippen molar-refractivity contribution in [1.29, 1.82) is 0 Å². The zero-order valence-electron chi connectivity index (χ0n) is 10.1. The van der Waals surface area contributed by atoms with Crippen LogP contribution in [0.15, 0.2) is 36.4 Å². The molecule has 1 aromatic heterocycles. The molecule has 0 spiro atoms. The molecule has 8 heteroatoms. The number of hydrogen-bond acceptors (Lipinski definition) is 1. The van der Waals surface area contributed by atoms with Gasteiger partial charge in [-0.3, -0.25) is 0 Å². The van der Waals surface area contributed by atoms with E-state index >= 15 is 0 Å². The molecule has 0 atom stereocenters. The third kappa shape index (κ3) is 3.32. The van der Waals surface area contributed by atoms with Gasteiger partial charge in [0.15, 0.2) is 0 Å². The minimum Gasteiger partial charge on any atom is -0.243 e. The molecular weight excluding hydrogens is 303 g/mol. The molecule has 0 saturated carbocycles. The summed E-state index contributed by atoms with van der Waals surface area (Å²) in [7, 11) is 0. The van der Waals surface area contributed by atoms with Gasteiger partial charge >= 0.3 is 12.4 Å². The molecule has 2 rings (SSSR count). The van der Waals surface area contributed by atoms with Crippen LogP contribution in [0.4, 0.5) is 30.7 Å². The molecule has 0 saturated heterocycles. The highest BCUT2D eigenvalue weighted by Gasteiger charge is 2.35. The zero-order valence-corrected chi connectivity index (χ0v) is 10.1. The summed E-state index contributed by atoms with van der Waals surface area (Å²) in [5.41, 5.74) is -3.37. The highest BCUT2D eigenvalue weighted by atomic mass is 19.4. The molecule has 0 aliphatic heterocycles. The van der Waals surface area contributed by atoms with Crippen LogP contribution in [-0.4, -0.2) is 4.98 Å². The fourth-order valence-corrected chi connectivity index (χ4v) is 1.66. The summed E-state index contributed by atoms with van der Waals surface area (Å²) in [6, 6.07) is 4.73. The lowest BCUT2D eigenvalue weighted by molar-refractivity contribution is -0.141. The van der Waals surface area contributed by atoms with Gasteiger partial charge in [0.05, 0.1) is 11.3 Å². The van der Waals surface area contributed by atoms with Gasteiger partial charge < -0.3 is 0 Å². The summed E-state index contributed by atoms with van der Waals surface area (Å²) in [5, 5.41) is 0. The van der Waals surface area contributed by atoms with Gasteiger partial charge in [0.1, 0.15) is 11.5 Å². The van der Waals surface area contributed by atoms with Crippen molar-refractivity contribution in [2.45, 2.75) is 12.4 Å². The predicted molar refractivity (Wildman–Crippen MR) is 59.6 cm³/mol. The maximum absolute atomic E-state index is 13.1. The molecule has 112 valence electrons. The number of rotatable bonds is 1. The summed E-state index contributed by atoms with van der Waals surface area (Å²) in [6.07, 6.45) is -9.66. The van der Waals surface area contributed by atoms with Gasteiger partial charge in [-0.1, -0.05) is 6.07 Å². The first-order chi connectivity index (χ1) is 9.59. The van der Waals surface area contributed by atoms with Crippen LogP contribution in [0.1, 0.15) is 11.3 Å². The van der Waals surface area contributed by atoms with Gasteiger partial charge in [-0.15, -0.1) is 0 Å². The molecule has 1 heterocycles. The molecule has 0 radical (unpaired) electrons. The molecule has 1 aromatic carbocycles. The van der Waals surface area contributed by atoms with E-state index in [4.69, 9.17) is 0 Å². The topological polar surface area (TPSA) is 12.9 Å². The van der Waals surface area contributed by atoms with Crippen LogP contribution in [0, 0.1) is 5.82 Å². The lowest BCUT2D eigenvalue weighted by atomic mass is 10.1. The summed E-state index contributed by atoms with van der Waals surface area (Å²) >= 11 is 0. The Morgan fingerprint density at radius 3 is 2.05 bits per heavy atom. The monoisotopic (exact) mass is 309 g/mol. The predicted octanol–water partition coefficient (Wildman–Crippen LogP) is 4.93. The van der Waals surface area contributed by atoms with E-state index in [9.17, 15) is 30.7 Å². The second kappa shape index (κ2) is 5.01. The normalized spacial score (nSPS) is 12.5. The Morgan fingerprint density at radius 2 is 1.48 bits per heavy atom. The van der Waals surface area contributed by atoms with Gasteiger partial charge in [-0.2, -0.15) is 26.3 Å². The van der Waals surface area contributed by atoms with Crippen molar-refractivity contribution < 1.29 is 30.7 Å². The fraction of sp³-hybridized carbons (Fsp3) is 0.154. The first-order valence-electron chi connectivity index (χ1n) is 5.50. The number of halogens is 7. The molecule has 0 bridgehead atoms. The van der Waals surface area contributed by atoms with Crippen LogP contribution >= 0.6 is 0 Å². The quantitative estimate of drug-likeness (QED) is 0.681. The Labute approximate surface area is 114 Å². The Bertz CT molecular complexity index is 658. The van der Waals surface area contributed by atoms with Crippen molar-refractivity contribution in [2.75, 3.05) is 0 Å². The van der Waals surface area contributed by atoms with Crippen LogP contribution in [-0.2, 0) is 12.4 Å². The maximum atomic E-state index is 13.1. The van der Waals surface area contributed by atoms with Gasteiger partial charge in [0.25, 0.3) is 0 Å². The average Bonchev–Trinajstić information content (AvgIpc) is 2.37. The summed E-state index contributed by atoms with van der Waals surface area (Å²) < 4.78 is 88.4. The summed E-state index contributed by atoms with van der Waals surface area (Å²) in [5.74, 6) is -1.50. The molecule has 0 aliphatic rings. The Morgan fingerprint density at radius 1 is 0.810 bits per heavy atom. The summed E-state index contributed by atoms with van der Waals surface area (Å²) in [6.45, 7) is 0. The third-order valence-corrected chi connectivity index (χ3v) is 2.61. The first-order valence-corrected chi connectivity index (χ1v) is 5.50. The average molecular weight is 309 g/mol. The van der Waals surface area contributed by atoms with Crippen LogP contribution in [0.3, 0.4) is 0 Å². The van der Waals surface area contributed by atoms with Crippen molar-refractivity contribution in [2.24, 2.45) is 0 Å². The van der Waals surface area contributed by atoms with E-state index in [1.165, 1.54) is 0 Å². The number of aromatic nitrogens is 1. The van der Waals surface area contributed by atoms with E-state index in [0.717, 1.165) is 18.2 Å². The lowest BCUT2D eigenvalue weighted by Gasteiger charge is -2.11. The van der Waals surface area contributed by atoms with Gasteiger partial charge in [-0.05, 0) is 30.3 Å². The maximum Gasteiger partial charge on any atom is 0.433 e. The first kappa shape index (κ1) is 15.3. The molecule has 2 aromatic rings.